The summed E-state index contributed by atoms with van der Waals surface area (Å²) >= 11 is 0. The summed E-state index contributed by atoms with van der Waals surface area (Å²) in [5.74, 6) is -0.278. The van der Waals surface area contributed by atoms with Crippen molar-refractivity contribution in [3.8, 4) is 16.9 Å². The maximum absolute atomic E-state index is 14.7. The molecule has 0 unspecified atom stereocenters. The van der Waals surface area contributed by atoms with Crippen molar-refractivity contribution >= 4 is 11.7 Å². The van der Waals surface area contributed by atoms with Crippen LogP contribution in [0.5, 0.6) is 0 Å². The van der Waals surface area contributed by atoms with E-state index in [2.05, 4.69) is 5.32 Å². The third-order valence-corrected chi connectivity index (χ3v) is 5.25. The molecule has 4 aromatic rings. The summed E-state index contributed by atoms with van der Waals surface area (Å²) in [7, 11) is 0. The van der Waals surface area contributed by atoms with Crippen LogP contribution < -0.4 is 5.32 Å². The number of nitrogens with one attached hydrogen (secondary N) is 1. The van der Waals surface area contributed by atoms with Gasteiger partial charge in [0.2, 0.25) is 5.91 Å². The summed E-state index contributed by atoms with van der Waals surface area (Å²) in [4.78, 5) is 12.6. The Kier molecular flexibility index (Phi) is 4.21. The zero-order valence-electron chi connectivity index (χ0n) is 15.5. The predicted octanol–water partition coefficient (Wildman–Crippen LogP) is 5.15. The standard InChI is InChI=1S/C24H18FN3O/c25-20-14-8-7-13-18(20)19-15-21(29)26-24-22(19)23(16-9-3-1-4-10-16)27-28(24)17-11-5-2-6-12-17/h1-14,19H,15H2,(H,26,29)/t19-/m1/s1. The molecule has 0 fully saturated rings. The first-order valence-electron chi connectivity index (χ1n) is 9.50. The van der Waals surface area contributed by atoms with Gasteiger partial charge >= 0.3 is 0 Å². The first-order chi connectivity index (χ1) is 14.2. The van der Waals surface area contributed by atoms with Crippen molar-refractivity contribution in [1.29, 1.82) is 0 Å². The highest BCUT2D eigenvalue weighted by atomic mass is 19.1. The Hall–Kier alpha value is -3.73. The number of aromatic nitrogens is 2. The van der Waals surface area contributed by atoms with Crippen molar-refractivity contribution in [2.45, 2.75) is 12.3 Å². The van der Waals surface area contributed by atoms with E-state index < -0.39 is 5.92 Å². The van der Waals surface area contributed by atoms with Crippen LogP contribution in [-0.2, 0) is 4.79 Å². The number of benzene rings is 3. The van der Waals surface area contributed by atoms with Crippen molar-refractivity contribution in [1.82, 2.24) is 9.78 Å². The molecular formula is C24H18FN3O. The van der Waals surface area contributed by atoms with Crippen LogP contribution in [0, 0.1) is 5.82 Å². The summed E-state index contributed by atoms with van der Waals surface area (Å²) in [6, 6.07) is 26.1. The van der Waals surface area contributed by atoms with Crippen LogP contribution >= 0.6 is 0 Å². The summed E-state index contributed by atoms with van der Waals surface area (Å²) in [5.41, 5.74) is 3.85. The van der Waals surface area contributed by atoms with Crippen LogP contribution in [0.15, 0.2) is 84.9 Å². The SMILES string of the molecule is O=C1C[C@H](c2ccccc2F)c2c(-c3ccccc3)nn(-c3ccccc3)c2N1. The number of hydrogen-bond donors (Lipinski definition) is 1. The molecule has 1 amide bonds. The lowest BCUT2D eigenvalue weighted by molar-refractivity contribution is -0.116. The number of amides is 1. The van der Waals surface area contributed by atoms with Gasteiger partial charge in [-0.1, -0.05) is 66.7 Å². The number of fused-ring (bicyclic) bond motifs is 1. The Bertz CT molecular complexity index is 1190. The maximum atomic E-state index is 14.7. The minimum absolute atomic E-state index is 0.151. The number of halogens is 1. The van der Waals surface area contributed by atoms with E-state index >= 15 is 0 Å². The van der Waals surface area contributed by atoms with E-state index in [0.29, 0.717) is 11.4 Å². The molecule has 1 aliphatic rings. The van der Waals surface area contributed by atoms with E-state index in [1.807, 2.05) is 60.7 Å². The lowest BCUT2D eigenvalue weighted by Crippen LogP contribution is -2.25. The molecule has 0 radical (unpaired) electrons. The van der Waals surface area contributed by atoms with E-state index in [-0.39, 0.29) is 18.1 Å². The summed E-state index contributed by atoms with van der Waals surface area (Å²) in [6.07, 6.45) is 0.175. The molecular weight excluding hydrogens is 365 g/mol. The van der Waals surface area contributed by atoms with Crippen molar-refractivity contribution in [3.63, 3.8) is 0 Å². The average Bonchev–Trinajstić information content (AvgIpc) is 3.14. The molecule has 5 rings (SSSR count). The number of carbonyl (C=O) groups is 1. The predicted molar refractivity (Wildman–Crippen MR) is 110 cm³/mol. The first-order valence-corrected chi connectivity index (χ1v) is 9.50. The van der Waals surface area contributed by atoms with Crippen molar-refractivity contribution in [2.75, 3.05) is 5.32 Å². The number of anilines is 1. The molecule has 2 heterocycles. The van der Waals surface area contributed by atoms with Gasteiger partial charge < -0.3 is 5.32 Å². The van der Waals surface area contributed by atoms with Crippen LogP contribution in [0.2, 0.25) is 0 Å². The Balaban J connectivity index is 1.80. The highest BCUT2D eigenvalue weighted by molar-refractivity contribution is 5.96. The molecule has 0 bridgehead atoms. The first kappa shape index (κ1) is 17.4. The minimum Gasteiger partial charge on any atom is -0.310 e. The van der Waals surface area contributed by atoms with Gasteiger partial charge in [0.25, 0.3) is 0 Å². The van der Waals surface area contributed by atoms with E-state index in [0.717, 1.165) is 22.5 Å². The lowest BCUT2D eigenvalue weighted by atomic mass is 9.84. The fourth-order valence-corrected chi connectivity index (χ4v) is 3.94. The number of rotatable bonds is 3. The van der Waals surface area contributed by atoms with Gasteiger partial charge in [0.15, 0.2) is 0 Å². The van der Waals surface area contributed by atoms with Crippen molar-refractivity contribution in [3.05, 3.63) is 102 Å². The minimum atomic E-state index is -0.410. The zero-order valence-corrected chi connectivity index (χ0v) is 15.5. The smallest absolute Gasteiger partial charge is 0.226 e. The molecule has 3 aromatic carbocycles. The summed E-state index contributed by atoms with van der Waals surface area (Å²) < 4.78 is 16.4. The van der Waals surface area contributed by atoms with Crippen molar-refractivity contribution in [2.24, 2.45) is 0 Å². The highest BCUT2D eigenvalue weighted by Crippen LogP contribution is 2.44. The van der Waals surface area contributed by atoms with Gasteiger partial charge in [-0.05, 0) is 23.8 Å². The molecule has 0 saturated carbocycles. The Labute approximate surface area is 167 Å². The Morgan fingerprint density at radius 3 is 2.28 bits per heavy atom. The van der Waals surface area contributed by atoms with E-state index in [9.17, 15) is 9.18 Å². The van der Waals surface area contributed by atoms with Gasteiger partial charge in [-0.15, -0.1) is 0 Å². The third-order valence-electron chi connectivity index (χ3n) is 5.25. The van der Waals surface area contributed by atoms with Gasteiger partial charge in [0.1, 0.15) is 11.6 Å². The number of nitrogens with zero attached hydrogens (tertiary/aromatic N) is 2. The molecule has 5 heteroatoms. The maximum Gasteiger partial charge on any atom is 0.226 e. The molecule has 0 spiro atoms. The number of para-hydroxylation sites is 1. The van der Waals surface area contributed by atoms with Crippen LogP contribution in [-0.4, -0.2) is 15.7 Å². The second-order valence-electron chi connectivity index (χ2n) is 7.05. The molecule has 1 aromatic heterocycles. The van der Waals surface area contributed by atoms with E-state index in [1.165, 1.54) is 6.07 Å². The number of carbonyl (C=O) groups excluding carboxylic acids is 1. The lowest BCUT2D eigenvalue weighted by Gasteiger charge is -2.25. The fraction of sp³-hybridized carbons (Fsp3) is 0.0833. The van der Waals surface area contributed by atoms with Crippen LogP contribution in [0.1, 0.15) is 23.5 Å². The van der Waals surface area contributed by atoms with Gasteiger partial charge in [0.05, 0.1) is 11.4 Å². The van der Waals surface area contributed by atoms with Crippen LogP contribution in [0.3, 0.4) is 0 Å². The van der Waals surface area contributed by atoms with E-state index in [1.54, 1.807) is 22.9 Å². The largest absolute Gasteiger partial charge is 0.310 e. The summed E-state index contributed by atoms with van der Waals surface area (Å²) in [5, 5.41) is 7.83. The third kappa shape index (κ3) is 3.01. The van der Waals surface area contributed by atoms with E-state index in [4.69, 9.17) is 5.10 Å². The fourth-order valence-electron chi connectivity index (χ4n) is 3.94. The number of hydrogen-bond acceptors (Lipinski definition) is 2. The zero-order chi connectivity index (χ0) is 19.8. The van der Waals surface area contributed by atoms with Gasteiger partial charge in [-0.3, -0.25) is 4.79 Å². The van der Waals surface area contributed by atoms with Crippen LogP contribution in [0.4, 0.5) is 10.2 Å². The normalized spacial score (nSPS) is 15.6. The second-order valence-corrected chi connectivity index (χ2v) is 7.05. The quantitative estimate of drug-likeness (QED) is 0.532. The Morgan fingerprint density at radius 1 is 0.897 bits per heavy atom. The van der Waals surface area contributed by atoms with Crippen molar-refractivity contribution < 1.29 is 9.18 Å². The molecule has 29 heavy (non-hydrogen) atoms. The van der Waals surface area contributed by atoms with Gasteiger partial charge in [0, 0.05) is 23.5 Å². The highest BCUT2D eigenvalue weighted by Gasteiger charge is 2.35. The molecule has 1 aliphatic heterocycles. The molecule has 142 valence electrons. The molecule has 1 N–H and O–H groups in total. The Morgan fingerprint density at radius 2 is 1.55 bits per heavy atom. The summed E-state index contributed by atoms with van der Waals surface area (Å²) in [6.45, 7) is 0. The van der Waals surface area contributed by atoms with Crippen LogP contribution in [0.25, 0.3) is 16.9 Å². The monoisotopic (exact) mass is 383 g/mol. The van der Waals surface area contributed by atoms with Gasteiger partial charge in [-0.25, -0.2) is 9.07 Å². The second kappa shape index (κ2) is 7.02. The molecule has 0 saturated heterocycles. The topological polar surface area (TPSA) is 46.9 Å². The molecule has 4 nitrogen and oxygen atoms in total. The molecule has 0 aliphatic carbocycles. The van der Waals surface area contributed by atoms with Gasteiger partial charge in [-0.2, -0.15) is 5.10 Å². The molecule has 1 atom stereocenters. The average molecular weight is 383 g/mol.